The van der Waals surface area contributed by atoms with Crippen LogP contribution < -0.4 is 0 Å². The van der Waals surface area contributed by atoms with Crippen molar-refractivity contribution in [3.8, 4) is 0 Å². The van der Waals surface area contributed by atoms with Crippen LogP contribution in [0.3, 0.4) is 0 Å². The Hall–Kier alpha value is -3.36. The number of furan rings is 1. The Morgan fingerprint density at radius 1 is 1.16 bits per heavy atom. The van der Waals surface area contributed by atoms with Crippen LogP contribution in [0.2, 0.25) is 0 Å². The number of carbonyl (C=O) groups is 4. The van der Waals surface area contributed by atoms with E-state index in [2.05, 4.69) is 6.92 Å². The van der Waals surface area contributed by atoms with E-state index in [4.69, 9.17) is 23.4 Å². The highest BCUT2D eigenvalue weighted by atomic mass is 16.6. The number of fused-ring (bicyclic) bond motifs is 3. The summed E-state index contributed by atoms with van der Waals surface area (Å²) in [7, 11) is 1.23. The molecule has 0 N–H and O–H groups in total. The van der Waals surface area contributed by atoms with Crippen molar-refractivity contribution in [1.82, 2.24) is 0 Å². The molecule has 2 aliphatic heterocycles. The Kier molecular flexibility index (Phi) is 6.31. The number of ether oxygens (including phenoxy) is 4. The van der Waals surface area contributed by atoms with Gasteiger partial charge < -0.3 is 23.4 Å². The van der Waals surface area contributed by atoms with Crippen LogP contribution in [0.4, 0.5) is 0 Å². The van der Waals surface area contributed by atoms with Gasteiger partial charge in [0.15, 0.2) is 5.78 Å². The van der Waals surface area contributed by atoms with E-state index in [0.29, 0.717) is 30.6 Å². The number of allylic oxidation sites excluding steroid dienone is 2. The third-order valence-electron chi connectivity index (χ3n) is 9.08. The minimum absolute atomic E-state index is 0.151. The van der Waals surface area contributed by atoms with Gasteiger partial charge in [-0.25, -0.2) is 9.59 Å². The molecule has 0 bridgehead atoms. The Labute approximate surface area is 221 Å². The van der Waals surface area contributed by atoms with Crippen LogP contribution in [0.25, 0.3) is 0 Å². The van der Waals surface area contributed by atoms with Crippen molar-refractivity contribution in [2.45, 2.75) is 72.2 Å². The number of hydrogen-bond donors (Lipinski definition) is 0. The molecule has 38 heavy (non-hydrogen) atoms. The molecule has 2 aliphatic carbocycles. The van der Waals surface area contributed by atoms with Gasteiger partial charge in [0.25, 0.3) is 0 Å². The van der Waals surface area contributed by atoms with Crippen LogP contribution in [0.15, 0.2) is 46.0 Å². The summed E-state index contributed by atoms with van der Waals surface area (Å²) in [5.41, 5.74) is 1.02. The van der Waals surface area contributed by atoms with Crippen molar-refractivity contribution in [3.63, 3.8) is 0 Å². The Balaban J connectivity index is 1.54. The molecular weight excluding hydrogens is 492 g/mol. The van der Waals surface area contributed by atoms with E-state index in [1.165, 1.54) is 14.0 Å². The maximum atomic E-state index is 13.8. The molecule has 9 nitrogen and oxygen atoms in total. The zero-order valence-corrected chi connectivity index (χ0v) is 22.6. The zero-order chi connectivity index (χ0) is 27.6. The number of ketones is 1. The minimum Gasteiger partial charge on any atom is -0.493 e. The molecule has 3 heterocycles. The van der Waals surface area contributed by atoms with E-state index in [0.717, 1.165) is 11.1 Å². The first kappa shape index (κ1) is 26.3. The standard InChI is InChI=1S/C29H34O9/c1-14-22(24(27(33)34-6)36-15(2)30)28(3,4)26-18(23(14)32)11-17-19-12-21(31)38-25(16-8-10-35-13-16)29(19,5)9-7-20(17)37-26/h8,10,12-14,17,20,22,24-25H,7,9,11H2,1-6H3/t14-,17+,20+,22-,24+,25-,29+/m0/s1. The Bertz CT molecular complexity index is 1240. The molecule has 9 heteroatoms. The molecule has 1 saturated carbocycles. The molecule has 0 amide bonds. The second-order valence-electron chi connectivity index (χ2n) is 11.7. The van der Waals surface area contributed by atoms with Gasteiger partial charge in [-0.2, -0.15) is 0 Å². The van der Waals surface area contributed by atoms with Gasteiger partial charge >= 0.3 is 17.9 Å². The smallest absolute Gasteiger partial charge is 0.347 e. The SMILES string of the molecule is COC(=O)[C@H](OC(C)=O)[C@@H]1[C@H](C)C(=O)C2=C(O[C@@H]3CC[C@]4(C)C(=CC(=O)O[C@H]4c4ccoc4)[C@H]3C2)C1(C)C. The summed E-state index contributed by atoms with van der Waals surface area (Å²) in [6.07, 6.45) is 4.56. The first-order valence-corrected chi connectivity index (χ1v) is 13.0. The number of carbonyl (C=O) groups excluding carboxylic acids is 4. The van der Waals surface area contributed by atoms with E-state index < -0.39 is 52.8 Å². The van der Waals surface area contributed by atoms with Gasteiger partial charge in [0.2, 0.25) is 6.10 Å². The highest BCUT2D eigenvalue weighted by Gasteiger charge is 2.59. The monoisotopic (exact) mass is 526 g/mol. The molecule has 0 spiro atoms. The maximum Gasteiger partial charge on any atom is 0.347 e. The number of Topliss-reactive ketones (excluding diaryl/α,β-unsaturated/α-hetero) is 1. The third kappa shape index (κ3) is 3.89. The van der Waals surface area contributed by atoms with Crippen molar-refractivity contribution < 1.29 is 42.5 Å². The lowest BCUT2D eigenvalue weighted by Gasteiger charge is -2.55. The quantitative estimate of drug-likeness (QED) is 0.419. The second kappa shape index (κ2) is 9.13. The van der Waals surface area contributed by atoms with Gasteiger partial charge in [-0.3, -0.25) is 9.59 Å². The predicted molar refractivity (Wildman–Crippen MR) is 132 cm³/mol. The molecule has 0 saturated heterocycles. The minimum atomic E-state index is -1.25. The maximum absolute atomic E-state index is 13.8. The fraction of sp³-hybridized carbons (Fsp3) is 0.586. The van der Waals surface area contributed by atoms with E-state index in [9.17, 15) is 19.2 Å². The Morgan fingerprint density at radius 2 is 1.89 bits per heavy atom. The second-order valence-corrected chi connectivity index (χ2v) is 11.7. The summed E-state index contributed by atoms with van der Waals surface area (Å²) in [6.45, 7) is 8.89. The molecule has 0 unspecified atom stereocenters. The summed E-state index contributed by atoms with van der Waals surface area (Å²) in [5.74, 6) is -2.87. The van der Waals surface area contributed by atoms with Gasteiger partial charge in [0.1, 0.15) is 18.0 Å². The van der Waals surface area contributed by atoms with Gasteiger partial charge in [0, 0.05) is 52.7 Å². The number of rotatable bonds is 4. The highest BCUT2D eigenvalue weighted by molar-refractivity contribution is 6.00. The van der Waals surface area contributed by atoms with Gasteiger partial charge in [-0.15, -0.1) is 0 Å². The van der Waals surface area contributed by atoms with Gasteiger partial charge in [0.05, 0.1) is 19.6 Å². The average Bonchev–Trinajstić information content (AvgIpc) is 3.40. The number of hydrogen-bond acceptors (Lipinski definition) is 9. The first-order chi connectivity index (χ1) is 17.9. The summed E-state index contributed by atoms with van der Waals surface area (Å²) in [4.78, 5) is 51.1. The summed E-state index contributed by atoms with van der Waals surface area (Å²) < 4.78 is 28.1. The van der Waals surface area contributed by atoms with Crippen molar-refractivity contribution in [3.05, 3.63) is 47.1 Å². The van der Waals surface area contributed by atoms with Crippen LogP contribution in [0, 0.1) is 28.6 Å². The van der Waals surface area contributed by atoms with Crippen LogP contribution >= 0.6 is 0 Å². The molecule has 204 valence electrons. The third-order valence-corrected chi connectivity index (χ3v) is 9.08. The van der Waals surface area contributed by atoms with Crippen molar-refractivity contribution in [2.24, 2.45) is 28.6 Å². The van der Waals surface area contributed by atoms with Crippen molar-refractivity contribution >= 4 is 23.7 Å². The van der Waals surface area contributed by atoms with E-state index in [-0.39, 0.29) is 17.8 Å². The summed E-state index contributed by atoms with van der Waals surface area (Å²) >= 11 is 0. The Morgan fingerprint density at radius 3 is 2.53 bits per heavy atom. The summed E-state index contributed by atoms with van der Waals surface area (Å²) in [5, 5.41) is 0. The fourth-order valence-electron chi connectivity index (χ4n) is 7.32. The molecule has 5 rings (SSSR count). The topological polar surface area (TPSA) is 118 Å². The largest absolute Gasteiger partial charge is 0.493 e. The summed E-state index contributed by atoms with van der Waals surface area (Å²) in [6, 6.07) is 1.81. The normalized spacial score (nSPS) is 34.5. The zero-order valence-electron chi connectivity index (χ0n) is 22.6. The lowest BCUT2D eigenvalue weighted by atomic mass is 9.56. The number of methoxy groups -OCH3 is 1. The van der Waals surface area contributed by atoms with Crippen LogP contribution in [-0.2, 0) is 38.1 Å². The van der Waals surface area contributed by atoms with Gasteiger partial charge in [-0.05, 0) is 30.9 Å². The molecule has 1 aromatic heterocycles. The predicted octanol–water partition coefficient (Wildman–Crippen LogP) is 4.23. The number of cyclic esters (lactones) is 1. The van der Waals surface area contributed by atoms with Crippen LogP contribution in [-0.4, -0.2) is 43.0 Å². The van der Waals surface area contributed by atoms with Crippen molar-refractivity contribution in [1.29, 1.82) is 0 Å². The van der Waals surface area contributed by atoms with Gasteiger partial charge in [-0.1, -0.05) is 27.7 Å². The van der Waals surface area contributed by atoms with E-state index in [1.807, 2.05) is 19.9 Å². The van der Waals surface area contributed by atoms with E-state index in [1.54, 1.807) is 25.5 Å². The van der Waals surface area contributed by atoms with Crippen LogP contribution in [0.5, 0.6) is 0 Å². The lowest BCUT2D eigenvalue weighted by molar-refractivity contribution is -0.177. The molecule has 4 aliphatic rings. The highest BCUT2D eigenvalue weighted by Crippen LogP contribution is 2.60. The number of esters is 3. The molecule has 1 fully saturated rings. The molecule has 1 aromatic rings. The molecule has 7 atom stereocenters. The fourth-order valence-corrected chi connectivity index (χ4v) is 7.32. The molecule has 0 aromatic carbocycles. The average molecular weight is 527 g/mol. The van der Waals surface area contributed by atoms with Crippen LogP contribution in [0.1, 0.15) is 65.5 Å². The lowest BCUT2D eigenvalue weighted by Crippen LogP contribution is -2.55. The first-order valence-electron chi connectivity index (χ1n) is 13.0. The molecule has 0 radical (unpaired) electrons. The van der Waals surface area contributed by atoms with Crippen molar-refractivity contribution in [2.75, 3.05) is 7.11 Å². The van der Waals surface area contributed by atoms with E-state index >= 15 is 0 Å². The molecular formula is C29H34O9.